The maximum Gasteiger partial charge on any atom is 0.509 e. The summed E-state index contributed by atoms with van der Waals surface area (Å²) in [7, 11) is 3.30. The van der Waals surface area contributed by atoms with Crippen molar-refractivity contribution in [2.24, 2.45) is 11.8 Å². The molecule has 2 aromatic rings. The summed E-state index contributed by atoms with van der Waals surface area (Å²) in [4.78, 5) is 12.9. The van der Waals surface area contributed by atoms with E-state index in [0.717, 1.165) is 33.8 Å². The standard InChI is InChI=1S/C37H48O9S2/c1-10-26-27-18-29(21(3)17-30(27)40-8)42-28(16-11-20(2)32(45-36(47)48-9)37(6)33(26)44-35(38)46-37)23(5)31-22(4)19-41-34(43-31)24-12-14-25(39-7)15-13-24/h11-15,17-18,22-23,26,28,31-34H,10,16,19H2,1-9H3/b20-11-. The summed E-state index contributed by atoms with van der Waals surface area (Å²) in [5.74, 6) is 1.98. The Labute approximate surface area is 293 Å². The Balaban J connectivity index is 1.58. The smallest absolute Gasteiger partial charge is 0.497 e. The summed E-state index contributed by atoms with van der Waals surface area (Å²) >= 11 is 6.88. The van der Waals surface area contributed by atoms with Crippen LogP contribution >= 0.6 is 24.0 Å². The minimum atomic E-state index is -1.18. The first-order valence-electron chi connectivity index (χ1n) is 16.5. The molecule has 2 bridgehead atoms. The molecule has 9 atom stereocenters. The Kier molecular flexibility index (Phi) is 11.5. The van der Waals surface area contributed by atoms with Gasteiger partial charge in [0.15, 0.2) is 24.1 Å². The van der Waals surface area contributed by atoms with Crippen LogP contribution in [-0.4, -0.2) is 67.6 Å². The molecular weight excluding hydrogens is 653 g/mol. The molecule has 2 aromatic carbocycles. The van der Waals surface area contributed by atoms with Gasteiger partial charge in [-0.3, -0.25) is 0 Å². The van der Waals surface area contributed by atoms with E-state index < -0.39 is 30.3 Å². The fourth-order valence-electron chi connectivity index (χ4n) is 7.22. The topological polar surface area (TPSA) is 90.9 Å². The van der Waals surface area contributed by atoms with Gasteiger partial charge in [-0.2, -0.15) is 0 Å². The summed E-state index contributed by atoms with van der Waals surface area (Å²) < 4.78 is 49.8. The summed E-state index contributed by atoms with van der Waals surface area (Å²) in [6, 6.07) is 11.8. The van der Waals surface area contributed by atoms with Crippen LogP contribution in [0.3, 0.4) is 0 Å². The van der Waals surface area contributed by atoms with E-state index in [4.69, 9.17) is 50.1 Å². The Bertz CT molecular complexity index is 1490. The predicted octanol–water partition coefficient (Wildman–Crippen LogP) is 8.32. The van der Waals surface area contributed by atoms with Gasteiger partial charge in [0, 0.05) is 35.3 Å². The van der Waals surface area contributed by atoms with Crippen molar-refractivity contribution >= 4 is 34.5 Å². The number of methoxy groups -OCH3 is 2. The molecule has 0 radical (unpaired) electrons. The van der Waals surface area contributed by atoms with Crippen molar-refractivity contribution in [3.8, 4) is 17.2 Å². The molecule has 3 heterocycles. The van der Waals surface area contributed by atoms with Gasteiger partial charge in [-0.15, -0.1) is 0 Å². The van der Waals surface area contributed by atoms with E-state index in [1.165, 1.54) is 11.8 Å². The number of hydrogen-bond donors (Lipinski definition) is 0. The molecule has 0 amide bonds. The van der Waals surface area contributed by atoms with E-state index in [2.05, 4.69) is 26.8 Å². The Hall–Kier alpha value is -2.99. The van der Waals surface area contributed by atoms with Crippen LogP contribution in [0.2, 0.25) is 0 Å². The molecule has 0 N–H and O–H groups in total. The second-order valence-electron chi connectivity index (χ2n) is 13.1. The number of thioether (sulfide) groups is 1. The molecule has 3 aliphatic rings. The number of ether oxygens (including phenoxy) is 8. The van der Waals surface area contributed by atoms with Crippen molar-refractivity contribution in [2.45, 2.75) is 96.6 Å². The maximum atomic E-state index is 12.9. The number of rotatable bonds is 7. The average Bonchev–Trinajstić information content (AvgIpc) is 3.39. The first-order valence-corrected chi connectivity index (χ1v) is 18.1. The average molecular weight is 701 g/mol. The van der Waals surface area contributed by atoms with E-state index in [9.17, 15) is 4.79 Å². The fraction of sp³-hybridized carbons (Fsp3) is 0.568. The summed E-state index contributed by atoms with van der Waals surface area (Å²) in [6.07, 6.45) is 2.05. The molecule has 262 valence electrons. The van der Waals surface area contributed by atoms with Gasteiger partial charge in [0.1, 0.15) is 23.4 Å². The molecule has 0 aromatic heterocycles. The molecule has 0 saturated carbocycles. The highest BCUT2D eigenvalue weighted by molar-refractivity contribution is 8.22. The van der Waals surface area contributed by atoms with Crippen LogP contribution in [0.5, 0.6) is 17.2 Å². The first-order chi connectivity index (χ1) is 22.9. The monoisotopic (exact) mass is 700 g/mol. The Morgan fingerprint density at radius 1 is 1.12 bits per heavy atom. The Morgan fingerprint density at radius 3 is 2.50 bits per heavy atom. The lowest BCUT2D eigenvalue weighted by atomic mass is 9.77. The maximum absolute atomic E-state index is 12.9. The number of carbonyl (C=O) groups is 1. The first kappa shape index (κ1) is 36.3. The molecule has 9 unspecified atom stereocenters. The minimum Gasteiger partial charge on any atom is -0.497 e. The third-order valence-corrected chi connectivity index (χ3v) is 11.0. The highest BCUT2D eigenvalue weighted by Gasteiger charge is 2.58. The lowest BCUT2D eigenvalue weighted by molar-refractivity contribution is -0.254. The van der Waals surface area contributed by atoms with Gasteiger partial charge >= 0.3 is 6.16 Å². The van der Waals surface area contributed by atoms with Gasteiger partial charge in [-0.05, 0) is 81.1 Å². The van der Waals surface area contributed by atoms with Gasteiger partial charge in [0.2, 0.25) is 4.38 Å². The van der Waals surface area contributed by atoms with Crippen LogP contribution in [0.1, 0.15) is 76.4 Å². The molecule has 48 heavy (non-hydrogen) atoms. The summed E-state index contributed by atoms with van der Waals surface area (Å²) in [5, 5.41) is 0. The molecule has 3 aliphatic heterocycles. The van der Waals surface area contributed by atoms with Crippen LogP contribution in [-0.2, 0) is 23.7 Å². The highest BCUT2D eigenvalue weighted by atomic mass is 32.2. The van der Waals surface area contributed by atoms with Crippen molar-refractivity contribution in [3.05, 3.63) is 64.7 Å². The van der Waals surface area contributed by atoms with Crippen LogP contribution < -0.4 is 14.2 Å². The summed E-state index contributed by atoms with van der Waals surface area (Å²) in [6.45, 7) is 12.8. The van der Waals surface area contributed by atoms with Gasteiger partial charge in [0.25, 0.3) is 0 Å². The third-order valence-electron chi connectivity index (χ3n) is 9.93. The number of hydrogen-bond acceptors (Lipinski definition) is 11. The van der Waals surface area contributed by atoms with Gasteiger partial charge in [0.05, 0.1) is 26.9 Å². The molecule has 9 nitrogen and oxygen atoms in total. The van der Waals surface area contributed by atoms with Crippen molar-refractivity contribution in [1.29, 1.82) is 0 Å². The zero-order valence-electron chi connectivity index (χ0n) is 29.3. The fourth-order valence-corrected chi connectivity index (χ4v) is 7.51. The largest absolute Gasteiger partial charge is 0.509 e. The third kappa shape index (κ3) is 7.29. The second-order valence-corrected chi connectivity index (χ2v) is 14.5. The van der Waals surface area contributed by atoms with Crippen molar-refractivity contribution in [3.63, 3.8) is 0 Å². The van der Waals surface area contributed by atoms with Crippen LogP contribution in [0, 0.1) is 18.8 Å². The van der Waals surface area contributed by atoms with Crippen LogP contribution in [0.4, 0.5) is 4.79 Å². The zero-order chi connectivity index (χ0) is 34.7. The van der Waals surface area contributed by atoms with E-state index in [-0.39, 0.29) is 30.0 Å². The van der Waals surface area contributed by atoms with Crippen LogP contribution in [0.15, 0.2) is 48.0 Å². The van der Waals surface area contributed by atoms with Crippen molar-refractivity contribution < 1.29 is 42.7 Å². The van der Waals surface area contributed by atoms with E-state index in [1.807, 2.05) is 63.4 Å². The summed E-state index contributed by atoms with van der Waals surface area (Å²) in [5.41, 5.74) is 2.41. The SMILES string of the molecule is CCC1c2cc(c(C)cc2OC)OC(C(C)C2OC(c3ccc(OC)cc3)OCC2C)C/C=C(/C)C(OC(=S)SC)C2(C)OC(=O)OC12. The molecule has 11 heteroatoms. The zero-order valence-corrected chi connectivity index (χ0v) is 30.9. The highest BCUT2D eigenvalue weighted by Crippen LogP contribution is 2.47. The van der Waals surface area contributed by atoms with Gasteiger partial charge in [-0.1, -0.05) is 50.7 Å². The van der Waals surface area contributed by atoms with Gasteiger partial charge in [-0.25, -0.2) is 4.79 Å². The lowest BCUT2D eigenvalue weighted by Gasteiger charge is -2.41. The molecule has 2 saturated heterocycles. The van der Waals surface area contributed by atoms with E-state index in [1.54, 1.807) is 14.2 Å². The molecule has 5 rings (SSSR count). The molecular formula is C37H48O9S2. The number of benzene rings is 2. The molecule has 2 fully saturated rings. The molecule has 0 spiro atoms. The second kappa shape index (κ2) is 15.3. The Morgan fingerprint density at radius 2 is 1.85 bits per heavy atom. The lowest BCUT2D eigenvalue weighted by Crippen LogP contribution is -2.52. The van der Waals surface area contributed by atoms with Crippen LogP contribution in [0.25, 0.3) is 0 Å². The minimum absolute atomic E-state index is 0.0498. The van der Waals surface area contributed by atoms with Crippen molar-refractivity contribution in [2.75, 3.05) is 27.1 Å². The predicted molar refractivity (Wildman–Crippen MR) is 189 cm³/mol. The number of thiocarbonyl (C=S) groups is 1. The number of aryl methyl sites for hydroxylation is 1. The van der Waals surface area contributed by atoms with Gasteiger partial charge < -0.3 is 37.9 Å². The molecule has 0 aliphatic carbocycles. The number of fused-ring (bicyclic) bond motifs is 3. The van der Waals surface area contributed by atoms with Crippen molar-refractivity contribution in [1.82, 2.24) is 0 Å². The normalized spacial score (nSPS) is 32.1. The van der Waals surface area contributed by atoms with E-state index in [0.29, 0.717) is 29.6 Å². The number of carbonyl (C=O) groups excluding carboxylic acids is 1. The van der Waals surface area contributed by atoms with E-state index >= 15 is 0 Å². The quantitative estimate of drug-likeness (QED) is 0.159.